The highest BCUT2D eigenvalue weighted by Crippen LogP contribution is 2.25. The molecule has 2 rings (SSSR count). The fourth-order valence-corrected chi connectivity index (χ4v) is 2.11. The molecule has 2 aromatic heterocycles. The summed E-state index contributed by atoms with van der Waals surface area (Å²) in [5.74, 6) is -0.191. The molecule has 0 aliphatic heterocycles. The van der Waals surface area contributed by atoms with Crippen LogP contribution in [-0.2, 0) is 5.60 Å². The molecule has 4 nitrogen and oxygen atoms in total. The van der Waals surface area contributed by atoms with Crippen LogP contribution in [-0.4, -0.2) is 21.6 Å². The first kappa shape index (κ1) is 11.9. The first-order valence-electron chi connectivity index (χ1n) is 5.06. The molecule has 0 aliphatic rings. The Hall–Kier alpha value is -1.53. The van der Waals surface area contributed by atoms with Crippen molar-refractivity contribution in [2.45, 2.75) is 12.5 Å². The van der Waals surface area contributed by atoms with E-state index in [0.29, 0.717) is 5.95 Å². The summed E-state index contributed by atoms with van der Waals surface area (Å²) in [4.78, 5) is 8.37. The molecule has 0 fully saturated rings. The Morgan fingerprint density at radius 2 is 2.18 bits per heavy atom. The third-order valence-electron chi connectivity index (χ3n) is 2.26. The van der Waals surface area contributed by atoms with E-state index in [1.54, 1.807) is 6.92 Å². The van der Waals surface area contributed by atoms with Crippen molar-refractivity contribution in [3.05, 3.63) is 40.6 Å². The summed E-state index contributed by atoms with van der Waals surface area (Å²) in [5.41, 5.74) is -0.994. The van der Waals surface area contributed by atoms with E-state index in [1.807, 2.05) is 17.5 Å². The lowest BCUT2D eigenvalue weighted by Gasteiger charge is -2.22. The maximum absolute atomic E-state index is 12.6. The molecule has 90 valence electrons. The van der Waals surface area contributed by atoms with Gasteiger partial charge in [-0.05, 0) is 18.4 Å². The van der Waals surface area contributed by atoms with E-state index < -0.39 is 11.4 Å². The van der Waals surface area contributed by atoms with Crippen molar-refractivity contribution in [1.29, 1.82) is 0 Å². The van der Waals surface area contributed by atoms with Crippen molar-refractivity contribution in [3.8, 4) is 0 Å². The predicted octanol–water partition coefficient (Wildman–Crippen LogP) is 2.00. The lowest BCUT2D eigenvalue weighted by molar-refractivity contribution is 0.0752. The Bertz CT molecular complexity index is 470. The molecule has 2 aromatic rings. The molecular formula is C11H12FN3OS. The smallest absolute Gasteiger partial charge is 0.222 e. The number of rotatable bonds is 4. The summed E-state index contributed by atoms with van der Waals surface area (Å²) in [6.07, 6.45) is 2.16. The van der Waals surface area contributed by atoms with E-state index in [2.05, 4.69) is 15.3 Å². The summed E-state index contributed by atoms with van der Waals surface area (Å²) in [7, 11) is 0. The maximum atomic E-state index is 12.6. The first-order chi connectivity index (χ1) is 8.08. The van der Waals surface area contributed by atoms with E-state index in [1.165, 1.54) is 11.3 Å². The third-order valence-corrected chi connectivity index (χ3v) is 3.39. The van der Waals surface area contributed by atoms with Gasteiger partial charge in [0.15, 0.2) is 5.82 Å². The fourth-order valence-electron chi connectivity index (χ4n) is 1.33. The highest BCUT2D eigenvalue weighted by molar-refractivity contribution is 7.10. The van der Waals surface area contributed by atoms with Gasteiger partial charge in [-0.25, -0.2) is 14.4 Å². The number of nitrogens with zero attached hydrogens (tertiary/aromatic N) is 2. The largest absolute Gasteiger partial charge is 0.383 e. The number of hydrogen-bond acceptors (Lipinski definition) is 5. The molecule has 0 aliphatic carbocycles. The number of aliphatic hydroxyl groups is 1. The Balaban J connectivity index is 2.00. The van der Waals surface area contributed by atoms with Crippen molar-refractivity contribution in [1.82, 2.24) is 9.97 Å². The fraction of sp³-hybridized carbons (Fsp3) is 0.273. The molecule has 2 heterocycles. The molecule has 6 heteroatoms. The summed E-state index contributed by atoms with van der Waals surface area (Å²) >= 11 is 1.48. The van der Waals surface area contributed by atoms with Gasteiger partial charge in [-0.15, -0.1) is 11.3 Å². The molecule has 0 spiro atoms. The van der Waals surface area contributed by atoms with Gasteiger partial charge < -0.3 is 10.4 Å². The molecule has 0 saturated carbocycles. The zero-order chi connectivity index (χ0) is 12.3. The van der Waals surface area contributed by atoms with Crippen LogP contribution in [0, 0.1) is 5.82 Å². The zero-order valence-corrected chi connectivity index (χ0v) is 10.0. The van der Waals surface area contributed by atoms with Gasteiger partial charge in [0.1, 0.15) is 5.60 Å². The lowest BCUT2D eigenvalue weighted by Crippen LogP contribution is -2.30. The van der Waals surface area contributed by atoms with Crippen LogP contribution in [0.4, 0.5) is 10.3 Å². The van der Waals surface area contributed by atoms with Gasteiger partial charge >= 0.3 is 0 Å². The minimum Gasteiger partial charge on any atom is -0.383 e. The van der Waals surface area contributed by atoms with Crippen LogP contribution >= 0.6 is 11.3 Å². The van der Waals surface area contributed by atoms with Crippen molar-refractivity contribution in [2.24, 2.45) is 0 Å². The van der Waals surface area contributed by atoms with Crippen LogP contribution in [0.1, 0.15) is 11.8 Å². The summed E-state index contributed by atoms with van der Waals surface area (Å²) in [5, 5.41) is 15.0. The van der Waals surface area contributed by atoms with Gasteiger partial charge in [0, 0.05) is 4.88 Å². The maximum Gasteiger partial charge on any atom is 0.222 e. The van der Waals surface area contributed by atoms with Crippen molar-refractivity contribution < 1.29 is 9.50 Å². The zero-order valence-electron chi connectivity index (χ0n) is 9.22. The predicted molar refractivity (Wildman–Crippen MR) is 64.4 cm³/mol. The van der Waals surface area contributed by atoms with Crippen molar-refractivity contribution in [3.63, 3.8) is 0 Å². The second kappa shape index (κ2) is 4.77. The molecule has 2 N–H and O–H groups in total. The Kier molecular flexibility index (Phi) is 3.35. The van der Waals surface area contributed by atoms with Crippen LogP contribution in [0.2, 0.25) is 0 Å². The highest BCUT2D eigenvalue weighted by Gasteiger charge is 2.24. The Morgan fingerprint density at radius 3 is 2.76 bits per heavy atom. The van der Waals surface area contributed by atoms with Crippen molar-refractivity contribution in [2.75, 3.05) is 11.9 Å². The van der Waals surface area contributed by atoms with Gasteiger partial charge in [0.25, 0.3) is 0 Å². The monoisotopic (exact) mass is 253 g/mol. The highest BCUT2D eigenvalue weighted by atomic mass is 32.1. The Labute approximate surface area is 102 Å². The minimum atomic E-state index is -0.994. The second-order valence-electron chi connectivity index (χ2n) is 3.83. The minimum absolute atomic E-state index is 0.263. The average Bonchev–Trinajstić information content (AvgIpc) is 2.82. The standard InChI is InChI=1S/C11H12FN3OS/c1-11(16,9-3-2-4-17-9)7-15-10-13-5-8(12)6-14-10/h2-6,16H,7H2,1H3,(H,13,14,15). The topological polar surface area (TPSA) is 58.0 Å². The summed E-state index contributed by atoms with van der Waals surface area (Å²) in [6, 6.07) is 3.74. The lowest BCUT2D eigenvalue weighted by atomic mass is 10.1. The number of hydrogen-bond donors (Lipinski definition) is 2. The molecule has 0 amide bonds. The normalized spacial score (nSPS) is 14.3. The summed E-state index contributed by atoms with van der Waals surface area (Å²) in [6.45, 7) is 1.97. The number of aromatic nitrogens is 2. The van der Waals surface area contributed by atoms with Gasteiger partial charge in [0.2, 0.25) is 5.95 Å². The molecule has 1 atom stereocenters. The van der Waals surface area contributed by atoms with Crippen LogP contribution < -0.4 is 5.32 Å². The quantitative estimate of drug-likeness (QED) is 0.875. The van der Waals surface area contributed by atoms with Crippen LogP contribution in [0.25, 0.3) is 0 Å². The van der Waals surface area contributed by atoms with E-state index in [0.717, 1.165) is 17.3 Å². The summed E-state index contributed by atoms with van der Waals surface area (Å²) < 4.78 is 12.6. The molecule has 17 heavy (non-hydrogen) atoms. The van der Waals surface area contributed by atoms with Crippen LogP contribution in [0.15, 0.2) is 29.9 Å². The van der Waals surface area contributed by atoms with Gasteiger partial charge in [0.05, 0.1) is 18.9 Å². The molecule has 1 unspecified atom stereocenters. The van der Waals surface area contributed by atoms with Gasteiger partial charge in [-0.1, -0.05) is 6.07 Å². The number of anilines is 1. The average molecular weight is 253 g/mol. The van der Waals surface area contributed by atoms with Crippen LogP contribution in [0.5, 0.6) is 0 Å². The first-order valence-corrected chi connectivity index (χ1v) is 5.94. The van der Waals surface area contributed by atoms with Gasteiger partial charge in [-0.3, -0.25) is 0 Å². The second-order valence-corrected chi connectivity index (χ2v) is 4.78. The Morgan fingerprint density at radius 1 is 1.47 bits per heavy atom. The molecule has 0 saturated heterocycles. The number of nitrogens with one attached hydrogen (secondary N) is 1. The van der Waals surface area contributed by atoms with Gasteiger partial charge in [-0.2, -0.15) is 0 Å². The SMILES string of the molecule is CC(O)(CNc1ncc(F)cn1)c1cccs1. The third kappa shape index (κ3) is 2.98. The number of halogens is 1. The molecule has 0 radical (unpaired) electrons. The molecular weight excluding hydrogens is 241 g/mol. The molecule has 0 aromatic carbocycles. The van der Waals surface area contributed by atoms with E-state index in [4.69, 9.17) is 0 Å². The van der Waals surface area contributed by atoms with E-state index >= 15 is 0 Å². The van der Waals surface area contributed by atoms with Crippen molar-refractivity contribution >= 4 is 17.3 Å². The van der Waals surface area contributed by atoms with Crippen LogP contribution in [0.3, 0.4) is 0 Å². The number of thiophene rings is 1. The molecule has 0 bridgehead atoms. The van der Waals surface area contributed by atoms with E-state index in [9.17, 15) is 9.50 Å². The van der Waals surface area contributed by atoms with E-state index in [-0.39, 0.29) is 6.54 Å².